The van der Waals surface area contributed by atoms with Crippen LogP contribution in [0.15, 0.2) is 0 Å². The zero-order valence-corrected chi connectivity index (χ0v) is 12.1. The van der Waals surface area contributed by atoms with Crippen molar-refractivity contribution < 1.29 is 4.74 Å². The van der Waals surface area contributed by atoms with Gasteiger partial charge in [0.25, 0.3) is 0 Å². The fourth-order valence-electron chi connectivity index (χ4n) is 3.51. The van der Waals surface area contributed by atoms with E-state index in [1.165, 1.54) is 38.5 Å². The molecule has 0 radical (unpaired) electrons. The normalized spacial score (nSPS) is 38.0. The Kier molecular flexibility index (Phi) is 5.46. The first kappa shape index (κ1) is 14.3. The van der Waals surface area contributed by atoms with Crippen LogP contribution in [0.5, 0.6) is 0 Å². The molecule has 3 nitrogen and oxygen atoms in total. The number of likely N-dealkylation sites (N-methyl/N-ethyl adjacent to an activating group) is 1. The Morgan fingerprint density at radius 1 is 1.17 bits per heavy atom. The van der Waals surface area contributed by atoms with Crippen LogP contribution in [-0.2, 0) is 4.74 Å². The Hall–Kier alpha value is -0.120. The molecule has 1 saturated heterocycles. The van der Waals surface area contributed by atoms with Gasteiger partial charge in [-0.1, -0.05) is 6.92 Å². The molecular formula is C15H30N2O. The van der Waals surface area contributed by atoms with E-state index in [1.807, 2.05) is 0 Å². The Balaban J connectivity index is 1.73. The topological polar surface area (TPSA) is 38.5 Å². The first-order valence-corrected chi connectivity index (χ1v) is 7.71. The molecule has 4 atom stereocenters. The van der Waals surface area contributed by atoms with Gasteiger partial charge in [0.05, 0.1) is 6.10 Å². The van der Waals surface area contributed by atoms with E-state index in [9.17, 15) is 0 Å². The largest absolute Gasteiger partial charge is 0.377 e. The molecule has 2 fully saturated rings. The van der Waals surface area contributed by atoms with E-state index in [1.54, 1.807) is 0 Å². The van der Waals surface area contributed by atoms with Gasteiger partial charge in [0.15, 0.2) is 0 Å². The molecule has 0 bridgehead atoms. The van der Waals surface area contributed by atoms with Gasteiger partial charge in [-0.05, 0) is 57.4 Å². The number of ether oxygens (including phenoxy) is 1. The van der Waals surface area contributed by atoms with Crippen LogP contribution in [0.2, 0.25) is 0 Å². The fraction of sp³-hybridized carbons (Fsp3) is 1.00. The minimum Gasteiger partial charge on any atom is -0.377 e. The second-order valence-corrected chi connectivity index (χ2v) is 6.55. The first-order chi connectivity index (χ1) is 8.65. The summed E-state index contributed by atoms with van der Waals surface area (Å²) in [4.78, 5) is 2.44. The average molecular weight is 254 g/mol. The van der Waals surface area contributed by atoms with Crippen LogP contribution < -0.4 is 5.73 Å². The number of hydrogen-bond donors (Lipinski definition) is 1. The molecule has 1 aliphatic carbocycles. The molecule has 106 valence electrons. The highest BCUT2D eigenvalue weighted by Gasteiger charge is 2.27. The molecule has 0 spiro atoms. The monoisotopic (exact) mass is 254 g/mol. The molecule has 1 aliphatic heterocycles. The predicted molar refractivity (Wildman–Crippen MR) is 75.6 cm³/mol. The smallest absolute Gasteiger partial charge is 0.0701 e. The van der Waals surface area contributed by atoms with Crippen molar-refractivity contribution in [2.75, 3.05) is 26.7 Å². The molecule has 0 aromatic carbocycles. The van der Waals surface area contributed by atoms with Gasteiger partial charge in [0.1, 0.15) is 0 Å². The molecule has 2 aliphatic rings. The van der Waals surface area contributed by atoms with E-state index >= 15 is 0 Å². The van der Waals surface area contributed by atoms with Gasteiger partial charge >= 0.3 is 0 Å². The van der Waals surface area contributed by atoms with Crippen molar-refractivity contribution in [1.82, 2.24) is 4.90 Å². The van der Waals surface area contributed by atoms with Gasteiger partial charge in [-0.15, -0.1) is 0 Å². The van der Waals surface area contributed by atoms with Crippen LogP contribution in [0.3, 0.4) is 0 Å². The highest BCUT2D eigenvalue weighted by molar-refractivity contribution is 4.83. The summed E-state index contributed by atoms with van der Waals surface area (Å²) >= 11 is 0. The van der Waals surface area contributed by atoms with E-state index in [-0.39, 0.29) is 0 Å². The number of nitrogens with zero attached hydrogens (tertiary/aromatic N) is 1. The highest BCUT2D eigenvalue weighted by Crippen LogP contribution is 2.28. The van der Waals surface area contributed by atoms with Crippen molar-refractivity contribution in [1.29, 1.82) is 0 Å². The second kappa shape index (κ2) is 6.88. The molecule has 3 heteroatoms. The molecule has 0 aromatic rings. The van der Waals surface area contributed by atoms with Crippen molar-refractivity contribution in [3.63, 3.8) is 0 Å². The van der Waals surface area contributed by atoms with Crippen molar-refractivity contribution in [3.8, 4) is 0 Å². The van der Waals surface area contributed by atoms with Crippen molar-refractivity contribution in [2.24, 2.45) is 17.6 Å². The lowest BCUT2D eigenvalue weighted by molar-refractivity contribution is -0.00525. The number of nitrogens with two attached hydrogens (primary N) is 1. The van der Waals surface area contributed by atoms with Crippen LogP contribution in [0.4, 0.5) is 0 Å². The maximum absolute atomic E-state index is 6.26. The van der Waals surface area contributed by atoms with Crippen LogP contribution in [0, 0.1) is 11.8 Å². The van der Waals surface area contributed by atoms with Gasteiger partial charge in [0, 0.05) is 25.7 Å². The van der Waals surface area contributed by atoms with Gasteiger partial charge < -0.3 is 15.4 Å². The van der Waals surface area contributed by atoms with Crippen molar-refractivity contribution >= 4 is 0 Å². The van der Waals surface area contributed by atoms with Gasteiger partial charge in [-0.25, -0.2) is 0 Å². The van der Waals surface area contributed by atoms with Crippen molar-refractivity contribution in [3.05, 3.63) is 0 Å². The summed E-state index contributed by atoms with van der Waals surface area (Å²) in [7, 11) is 2.23. The van der Waals surface area contributed by atoms with E-state index in [4.69, 9.17) is 10.5 Å². The Morgan fingerprint density at radius 3 is 2.72 bits per heavy atom. The maximum Gasteiger partial charge on any atom is 0.0701 e. The number of hydrogen-bond acceptors (Lipinski definition) is 3. The quantitative estimate of drug-likeness (QED) is 0.836. The Morgan fingerprint density at radius 2 is 2.00 bits per heavy atom. The Bertz CT molecular complexity index is 241. The van der Waals surface area contributed by atoms with Gasteiger partial charge in [-0.2, -0.15) is 0 Å². The average Bonchev–Trinajstić information content (AvgIpc) is 2.35. The first-order valence-electron chi connectivity index (χ1n) is 7.71. The summed E-state index contributed by atoms with van der Waals surface area (Å²) in [5.74, 6) is 1.54. The summed E-state index contributed by atoms with van der Waals surface area (Å²) in [6.45, 7) is 5.55. The Labute approximate surface area is 112 Å². The molecule has 1 saturated carbocycles. The molecule has 18 heavy (non-hydrogen) atoms. The SMILES string of the molecule is CC1CCC(N)C(CN(C)CC2CCCCO2)C1. The van der Waals surface area contributed by atoms with E-state index in [2.05, 4.69) is 18.9 Å². The summed E-state index contributed by atoms with van der Waals surface area (Å²) in [5.41, 5.74) is 6.26. The third-order valence-corrected chi connectivity index (χ3v) is 4.64. The summed E-state index contributed by atoms with van der Waals surface area (Å²) in [6.07, 6.45) is 8.09. The zero-order valence-electron chi connectivity index (χ0n) is 12.1. The molecule has 0 aromatic heterocycles. The van der Waals surface area contributed by atoms with Gasteiger partial charge in [0.2, 0.25) is 0 Å². The summed E-state index contributed by atoms with van der Waals surface area (Å²) in [6, 6.07) is 0.413. The second-order valence-electron chi connectivity index (χ2n) is 6.55. The lowest BCUT2D eigenvalue weighted by atomic mass is 9.79. The van der Waals surface area contributed by atoms with Crippen LogP contribution in [-0.4, -0.2) is 43.8 Å². The molecular weight excluding hydrogens is 224 g/mol. The zero-order chi connectivity index (χ0) is 13.0. The van der Waals surface area contributed by atoms with Gasteiger partial charge in [-0.3, -0.25) is 0 Å². The minimum absolute atomic E-state index is 0.413. The third kappa shape index (κ3) is 4.22. The third-order valence-electron chi connectivity index (χ3n) is 4.64. The summed E-state index contributed by atoms with van der Waals surface area (Å²) < 4.78 is 5.81. The van der Waals surface area contributed by atoms with Crippen LogP contribution in [0.1, 0.15) is 45.4 Å². The molecule has 4 unspecified atom stereocenters. The van der Waals surface area contributed by atoms with E-state index < -0.39 is 0 Å². The molecule has 2 rings (SSSR count). The van der Waals surface area contributed by atoms with Crippen LogP contribution >= 0.6 is 0 Å². The van der Waals surface area contributed by atoms with Crippen LogP contribution in [0.25, 0.3) is 0 Å². The molecule has 2 N–H and O–H groups in total. The molecule has 0 amide bonds. The lowest BCUT2D eigenvalue weighted by Crippen LogP contribution is -2.44. The lowest BCUT2D eigenvalue weighted by Gasteiger charge is -2.36. The van der Waals surface area contributed by atoms with Crippen molar-refractivity contribution in [2.45, 2.75) is 57.6 Å². The summed E-state index contributed by atoms with van der Waals surface area (Å²) in [5, 5.41) is 0. The highest BCUT2D eigenvalue weighted by atomic mass is 16.5. The maximum atomic E-state index is 6.26. The van der Waals surface area contributed by atoms with E-state index in [0.29, 0.717) is 18.1 Å². The minimum atomic E-state index is 0.413. The number of rotatable bonds is 4. The predicted octanol–water partition coefficient (Wildman–Crippen LogP) is 2.25. The standard InChI is InChI=1S/C15H30N2O/c1-12-6-7-15(16)13(9-12)10-17(2)11-14-5-3-4-8-18-14/h12-15H,3-11,16H2,1-2H3. The molecule has 1 heterocycles. The fourth-order valence-corrected chi connectivity index (χ4v) is 3.51. The van der Waals surface area contributed by atoms with E-state index in [0.717, 1.165) is 25.6 Å².